The Bertz CT molecular complexity index is 1280. The molecule has 2 heterocycles. The third kappa shape index (κ3) is 5.47. The molecule has 0 spiro atoms. The van der Waals surface area contributed by atoms with Crippen LogP contribution in [0.15, 0.2) is 79.2 Å². The zero-order valence-corrected chi connectivity index (χ0v) is 19.8. The molecule has 7 nitrogen and oxygen atoms in total. The largest absolute Gasteiger partial charge is 0.449 e. The van der Waals surface area contributed by atoms with E-state index in [1.807, 2.05) is 12.1 Å². The number of para-hydroxylation sites is 1. The maximum atomic E-state index is 13.7. The first-order chi connectivity index (χ1) is 15.8. The number of halogens is 3. The van der Waals surface area contributed by atoms with E-state index in [0.29, 0.717) is 20.3 Å². The van der Waals surface area contributed by atoms with Gasteiger partial charge >= 0.3 is 6.03 Å². The van der Waals surface area contributed by atoms with Crippen LogP contribution in [-0.4, -0.2) is 29.3 Å². The molecule has 4 rings (SSSR count). The summed E-state index contributed by atoms with van der Waals surface area (Å²) in [7, 11) is 0. The van der Waals surface area contributed by atoms with Crippen LogP contribution in [0.5, 0.6) is 0 Å². The minimum Gasteiger partial charge on any atom is -0.449 e. The summed E-state index contributed by atoms with van der Waals surface area (Å²) >= 11 is 10.7. The summed E-state index contributed by atoms with van der Waals surface area (Å²) in [5.74, 6) is -1.73. The quantitative estimate of drug-likeness (QED) is 0.312. The number of urea groups is 1. The van der Waals surface area contributed by atoms with E-state index in [4.69, 9.17) is 16.0 Å². The van der Waals surface area contributed by atoms with Gasteiger partial charge in [-0.15, -0.1) is 0 Å². The number of amides is 4. The standard InChI is InChI=1S/C22H14BrClFN3O4S/c23-15-9-13(32-21(15)33-14-7-5-12(24)6-8-14)10-18-20(30)28(22(31)27-18)11-19(29)26-17-4-2-1-3-16(17)25/h1-10H,11H2,(H,26,29)(H,27,31)/b18-10+. The van der Waals surface area contributed by atoms with Crippen molar-refractivity contribution in [2.24, 2.45) is 0 Å². The predicted molar refractivity (Wildman–Crippen MR) is 125 cm³/mol. The number of imide groups is 1. The number of hydrogen-bond donors (Lipinski definition) is 2. The second-order valence-corrected chi connectivity index (χ2v) is 9.08. The van der Waals surface area contributed by atoms with Gasteiger partial charge in [-0.05, 0) is 58.4 Å². The van der Waals surface area contributed by atoms with Crippen LogP contribution in [0, 0.1) is 5.82 Å². The van der Waals surface area contributed by atoms with Gasteiger partial charge in [-0.1, -0.05) is 35.5 Å². The summed E-state index contributed by atoms with van der Waals surface area (Å²) in [6, 6.07) is 13.7. The van der Waals surface area contributed by atoms with Crippen LogP contribution in [0.2, 0.25) is 5.02 Å². The Labute approximate surface area is 205 Å². The topological polar surface area (TPSA) is 91.7 Å². The van der Waals surface area contributed by atoms with Crippen LogP contribution in [0.4, 0.5) is 14.9 Å². The van der Waals surface area contributed by atoms with Crippen LogP contribution in [0.1, 0.15) is 5.76 Å². The molecule has 0 atom stereocenters. The molecule has 4 amide bonds. The first kappa shape index (κ1) is 23.1. The Kier molecular flexibility index (Phi) is 6.87. The van der Waals surface area contributed by atoms with Gasteiger partial charge in [0.15, 0.2) is 5.09 Å². The molecular formula is C22H14BrClFN3O4S. The average Bonchev–Trinajstić information content (AvgIpc) is 3.24. The monoisotopic (exact) mass is 549 g/mol. The number of benzene rings is 2. The highest BCUT2D eigenvalue weighted by Crippen LogP contribution is 2.37. The first-order valence-electron chi connectivity index (χ1n) is 9.42. The van der Waals surface area contributed by atoms with Gasteiger partial charge in [0.2, 0.25) is 5.91 Å². The molecule has 0 radical (unpaired) electrons. The predicted octanol–water partition coefficient (Wildman–Crippen LogP) is 5.52. The van der Waals surface area contributed by atoms with Crippen molar-refractivity contribution in [3.63, 3.8) is 0 Å². The Morgan fingerprint density at radius 1 is 1.21 bits per heavy atom. The SMILES string of the molecule is O=C(CN1C(=O)N/C(=C/c2cc(Br)c(Sc3ccc(Cl)cc3)o2)C1=O)Nc1ccccc1F. The normalized spacial score (nSPS) is 14.6. The smallest absolute Gasteiger partial charge is 0.329 e. The zero-order valence-electron chi connectivity index (χ0n) is 16.6. The van der Waals surface area contributed by atoms with E-state index in [1.54, 1.807) is 24.3 Å². The van der Waals surface area contributed by atoms with E-state index >= 15 is 0 Å². The molecule has 2 aromatic carbocycles. The second-order valence-electron chi connectivity index (χ2n) is 6.75. The molecule has 0 bridgehead atoms. The van der Waals surface area contributed by atoms with Crippen molar-refractivity contribution in [2.75, 3.05) is 11.9 Å². The van der Waals surface area contributed by atoms with Crippen molar-refractivity contribution in [1.29, 1.82) is 0 Å². The van der Waals surface area contributed by atoms with Gasteiger partial charge in [-0.2, -0.15) is 0 Å². The summed E-state index contributed by atoms with van der Waals surface area (Å²) in [5, 5.41) is 5.91. The molecule has 0 aliphatic carbocycles. The maximum absolute atomic E-state index is 13.7. The number of furan rings is 1. The Hall–Kier alpha value is -3.08. The van der Waals surface area contributed by atoms with E-state index in [0.717, 1.165) is 9.80 Å². The molecule has 33 heavy (non-hydrogen) atoms. The third-order valence-corrected chi connectivity index (χ3v) is 6.50. The fraction of sp³-hybridized carbons (Fsp3) is 0.0455. The molecule has 1 aromatic heterocycles. The number of carbonyl (C=O) groups excluding carboxylic acids is 3. The number of nitrogens with one attached hydrogen (secondary N) is 2. The van der Waals surface area contributed by atoms with E-state index in [9.17, 15) is 18.8 Å². The lowest BCUT2D eigenvalue weighted by atomic mass is 10.3. The number of anilines is 1. The highest BCUT2D eigenvalue weighted by atomic mass is 79.9. The van der Waals surface area contributed by atoms with Gasteiger partial charge in [-0.25, -0.2) is 14.1 Å². The van der Waals surface area contributed by atoms with Crippen molar-refractivity contribution < 1.29 is 23.2 Å². The summed E-state index contributed by atoms with van der Waals surface area (Å²) < 4.78 is 20.1. The Balaban J connectivity index is 1.44. The van der Waals surface area contributed by atoms with Gasteiger partial charge in [0, 0.05) is 16.0 Å². The van der Waals surface area contributed by atoms with Gasteiger partial charge in [0.25, 0.3) is 5.91 Å². The second kappa shape index (κ2) is 9.82. The molecule has 1 aliphatic heterocycles. The molecule has 0 saturated carbocycles. The van der Waals surface area contributed by atoms with Crippen molar-refractivity contribution in [3.05, 3.63) is 81.4 Å². The lowest BCUT2D eigenvalue weighted by Crippen LogP contribution is -2.38. The van der Waals surface area contributed by atoms with Gasteiger partial charge in [0.1, 0.15) is 23.8 Å². The van der Waals surface area contributed by atoms with Crippen LogP contribution >= 0.6 is 39.3 Å². The van der Waals surface area contributed by atoms with E-state index in [1.165, 1.54) is 36.0 Å². The molecule has 3 aromatic rings. The van der Waals surface area contributed by atoms with E-state index < -0.39 is 30.2 Å². The number of nitrogens with zero attached hydrogens (tertiary/aromatic N) is 1. The molecule has 11 heteroatoms. The van der Waals surface area contributed by atoms with Gasteiger partial charge in [0.05, 0.1) is 10.2 Å². The highest BCUT2D eigenvalue weighted by molar-refractivity contribution is 9.10. The van der Waals surface area contributed by atoms with Crippen molar-refractivity contribution in [3.8, 4) is 0 Å². The lowest BCUT2D eigenvalue weighted by molar-refractivity contribution is -0.127. The summed E-state index contributed by atoms with van der Waals surface area (Å²) in [6.45, 7) is -0.574. The van der Waals surface area contributed by atoms with Crippen molar-refractivity contribution in [2.45, 2.75) is 9.99 Å². The summed E-state index contributed by atoms with van der Waals surface area (Å²) in [4.78, 5) is 38.7. The Morgan fingerprint density at radius 2 is 1.94 bits per heavy atom. The zero-order chi connectivity index (χ0) is 23.5. The molecule has 1 fully saturated rings. The first-order valence-corrected chi connectivity index (χ1v) is 11.4. The van der Waals surface area contributed by atoms with E-state index in [-0.39, 0.29) is 11.4 Å². The molecule has 0 unspecified atom stereocenters. The number of hydrogen-bond acceptors (Lipinski definition) is 5. The van der Waals surface area contributed by atoms with Crippen LogP contribution in [0.3, 0.4) is 0 Å². The molecule has 2 N–H and O–H groups in total. The fourth-order valence-electron chi connectivity index (χ4n) is 2.87. The van der Waals surface area contributed by atoms with E-state index in [2.05, 4.69) is 26.6 Å². The third-order valence-electron chi connectivity index (χ3n) is 4.40. The fourth-order valence-corrected chi connectivity index (χ4v) is 4.33. The van der Waals surface area contributed by atoms with Gasteiger partial charge < -0.3 is 15.1 Å². The van der Waals surface area contributed by atoms with Crippen molar-refractivity contribution >= 4 is 68.9 Å². The lowest BCUT2D eigenvalue weighted by Gasteiger charge is -2.12. The van der Waals surface area contributed by atoms with Gasteiger partial charge in [-0.3, -0.25) is 9.59 Å². The summed E-state index contributed by atoms with van der Waals surface area (Å²) in [6.07, 6.45) is 1.37. The van der Waals surface area contributed by atoms with Crippen LogP contribution in [-0.2, 0) is 9.59 Å². The minimum absolute atomic E-state index is 0.0449. The minimum atomic E-state index is -0.767. The van der Waals surface area contributed by atoms with Crippen LogP contribution in [0.25, 0.3) is 6.08 Å². The molecule has 1 aliphatic rings. The molecular weight excluding hydrogens is 537 g/mol. The maximum Gasteiger partial charge on any atom is 0.329 e. The van der Waals surface area contributed by atoms with Crippen LogP contribution < -0.4 is 10.6 Å². The molecule has 1 saturated heterocycles. The molecule has 168 valence electrons. The van der Waals surface area contributed by atoms with Crippen molar-refractivity contribution in [1.82, 2.24) is 10.2 Å². The average molecular weight is 551 g/mol. The summed E-state index contributed by atoms with van der Waals surface area (Å²) in [5.41, 5.74) is -0.0977. The Morgan fingerprint density at radius 3 is 2.67 bits per heavy atom. The highest BCUT2D eigenvalue weighted by Gasteiger charge is 2.35. The number of rotatable bonds is 6. The number of carbonyl (C=O) groups is 3.